The van der Waals surface area contributed by atoms with Gasteiger partial charge in [-0.3, -0.25) is 14.9 Å². The minimum Gasteiger partial charge on any atom is -0.299 e. The molecule has 1 rings (SSSR count). The summed E-state index contributed by atoms with van der Waals surface area (Å²) in [5.74, 6) is 0. The van der Waals surface area contributed by atoms with Crippen LogP contribution in [0.25, 0.3) is 0 Å². The van der Waals surface area contributed by atoms with Crippen LogP contribution in [0.4, 0.5) is 5.69 Å². The van der Waals surface area contributed by atoms with Crippen molar-refractivity contribution in [2.45, 2.75) is 12.8 Å². The Hall–Kier alpha value is -1.97. The molecule has 4 nitrogen and oxygen atoms in total. The first-order chi connectivity index (χ1) is 7.24. The summed E-state index contributed by atoms with van der Waals surface area (Å²) in [7, 11) is 0. The number of aryl methyl sites for hydroxylation is 1. The summed E-state index contributed by atoms with van der Waals surface area (Å²) in [5, 5.41) is 10.4. The Morgan fingerprint density at radius 1 is 1.27 bits per heavy atom. The number of benzene rings is 1. The Balaban J connectivity index is 2.53. The van der Waals surface area contributed by atoms with Crippen LogP contribution in [0, 0.1) is 10.1 Å². The van der Waals surface area contributed by atoms with Gasteiger partial charge in [0.2, 0.25) is 0 Å². The molecule has 78 valence electrons. The molecule has 0 atom stereocenters. The average Bonchev–Trinajstić information content (AvgIpc) is 2.25. The van der Waals surface area contributed by atoms with E-state index in [1.54, 1.807) is 18.2 Å². The lowest BCUT2D eigenvalue weighted by atomic mass is 10.1. The fourth-order valence-corrected chi connectivity index (χ4v) is 1.19. The Morgan fingerprint density at radius 2 is 1.93 bits per heavy atom. The molecule has 0 aliphatic heterocycles. The second kappa shape index (κ2) is 5.70. The van der Waals surface area contributed by atoms with Gasteiger partial charge in [0.05, 0.1) is 4.92 Å². The zero-order chi connectivity index (χ0) is 11.1. The lowest BCUT2D eigenvalue weighted by Gasteiger charge is -1.97. The number of carbonyl (C=O) groups excluding carboxylic acids is 1. The highest BCUT2D eigenvalue weighted by Crippen LogP contribution is 2.12. The van der Waals surface area contributed by atoms with Crippen LogP contribution in [0.2, 0.25) is 0 Å². The van der Waals surface area contributed by atoms with Crippen molar-refractivity contribution in [3.05, 3.63) is 52.1 Å². The van der Waals surface area contributed by atoms with Gasteiger partial charge in [0, 0.05) is 12.1 Å². The number of non-ortho nitro benzene ring substituents is 1. The third-order valence-corrected chi connectivity index (χ3v) is 1.96. The topological polar surface area (TPSA) is 60.2 Å². The maximum Gasteiger partial charge on any atom is 0.269 e. The van der Waals surface area contributed by atoms with Gasteiger partial charge in [-0.15, -0.1) is 0 Å². The summed E-state index contributed by atoms with van der Waals surface area (Å²) in [5.41, 5.74) is 1.12. The summed E-state index contributed by atoms with van der Waals surface area (Å²) in [6.07, 6.45) is 5.49. The summed E-state index contributed by atoms with van der Waals surface area (Å²) in [4.78, 5) is 19.9. The first-order valence-electron chi connectivity index (χ1n) is 4.57. The minimum atomic E-state index is -0.421. The number of hydrogen-bond acceptors (Lipinski definition) is 3. The minimum absolute atomic E-state index is 0.0992. The lowest BCUT2D eigenvalue weighted by Crippen LogP contribution is -1.88. The molecule has 0 saturated carbocycles. The Labute approximate surface area is 87.4 Å². The number of nitrogens with zero attached hydrogens (tertiary/aromatic N) is 1. The molecule has 0 amide bonds. The van der Waals surface area contributed by atoms with Gasteiger partial charge in [0.1, 0.15) is 6.29 Å². The second-order valence-corrected chi connectivity index (χ2v) is 3.03. The summed E-state index contributed by atoms with van der Waals surface area (Å²) < 4.78 is 0. The maximum atomic E-state index is 10.4. The van der Waals surface area contributed by atoms with Crippen LogP contribution in [-0.4, -0.2) is 11.2 Å². The van der Waals surface area contributed by atoms with Gasteiger partial charge in [-0.05, 0) is 24.5 Å². The van der Waals surface area contributed by atoms with Crippen LogP contribution in [0.5, 0.6) is 0 Å². The third kappa shape index (κ3) is 3.72. The zero-order valence-electron chi connectivity index (χ0n) is 8.13. The highest BCUT2D eigenvalue weighted by atomic mass is 16.6. The molecule has 0 unspecified atom stereocenters. The predicted octanol–water partition coefficient (Wildman–Crippen LogP) is 2.28. The van der Waals surface area contributed by atoms with Crippen molar-refractivity contribution >= 4 is 12.0 Å². The fraction of sp³-hybridized carbons (Fsp3) is 0.182. The van der Waals surface area contributed by atoms with Gasteiger partial charge in [-0.2, -0.15) is 0 Å². The summed E-state index contributed by atoms with van der Waals surface area (Å²) >= 11 is 0. The molecule has 0 N–H and O–H groups in total. The van der Waals surface area contributed by atoms with E-state index in [9.17, 15) is 14.9 Å². The molecular weight excluding hydrogens is 194 g/mol. The Kier molecular flexibility index (Phi) is 4.22. The number of nitro benzene ring substituents is 1. The molecule has 0 heterocycles. The maximum absolute atomic E-state index is 10.4. The molecule has 0 aromatic heterocycles. The van der Waals surface area contributed by atoms with E-state index in [-0.39, 0.29) is 5.69 Å². The molecule has 1 aromatic carbocycles. The van der Waals surface area contributed by atoms with E-state index in [4.69, 9.17) is 0 Å². The molecule has 1 aromatic rings. The van der Waals surface area contributed by atoms with E-state index in [2.05, 4.69) is 0 Å². The number of nitro groups is 1. The first-order valence-corrected chi connectivity index (χ1v) is 4.57. The SMILES string of the molecule is O=C/C=C/CCc1ccc([N+](=O)[O-])cc1. The molecule has 0 spiro atoms. The highest BCUT2D eigenvalue weighted by molar-refractivity contribution is 5.64. The van der Waals surface area contributed by atoms with Gasteiger partial charge in [0.15, 0.2) is 0 Å². The van der Waals surface area contributed by atoms with E-state index in [0.717, 1.165) is 24.7 Å². The van der Waals surface area contributed by atoms with Crippen LogP contribution in [-0.2, 0) is 11.2 Å². The number of rotatable bonds is 5. The zero-order valence-corrected chi connectivity index (χ0v) is 8.13. The molecule has 0 radical (unpaired) electrons. The second-order valence-electron chi connectivity index (χ2n) is 3.03. The Morgan fingerprint density at radius 3 is 2.47 bits per heavy atom. The van der Waals surface area contributed by atoms with E-state index in [1.165, 1.54) is 18.2 Å². The van der Waals surface area contributed by atoms with Crippen molar-refractivity contribution in [1.82, 2.24) is 0 Å². The van der Waals surface area contributed by atoms with E-state index in [0.29, 0.717) is 0 Å². The fourth-order valence-electron chi connectivity index (χ4n) is 1.19. The number of hydrogen-bond donors (Lipinski definition) is 0. The summed E-state index contributed by atoms with van der Waals surface area (Å²) in [6, 6.07) is 6.43. The van der Waals surface area contributed by atoms with E-state index < -0.39 is 4.92 Å². The quantitative estimate of drug-likeness (QED) is 0.320. The summed E-state index contributed by atoms with van der Waals surface area (Å²) in [6.45, 7) is 0. The highest BCUT2D eigenvalue weighted by Gasteiger charge is 2.02. The van der Waals surface area contributed by atoms with Gasteiger partial charge in [-0.1, -0.05) is 18.2 Å². The van der Waals surface area contributed by atoms with Crippen LogP contribution in [0.15, 0.2) is 36.4 Å². The number of aldehydes is 1. The molecule has 0 bridgehead atoms. The van der Waals surface area contributed by atoms with Gasteiger partial charge >= 0.3 is 0 Å². The largest absolute Gasteiger partial charge is 0.299 e. The van der Waals surface area contributed by atoms with Gasteiger partial charge in [0.25, 0.3) is 5.69 Å². The molecule has 15 heavy (non-hydrogen) atoms. The van der Waals surface area contributed by atoms with Crippen molar-refractivity contribution in [2.75, 3.05) is 0 Å². The van der Waals surface area contributed by atoms with E-state index >= 15 is 0 Å². The van der Waals surface area contributed by atoms with Crippen LogP contribution in [0.3, 0.4) is 0 Å². The van der Waals surface area contributed by atoms with Crippen LogP contribution >= 0.6 is 0 Å². The number of allylic oxidation sites excluding steroid dienone is 2. The predicted molar refractivity (Wildman–Crippen MR) is 56.6 cm³/mol. The van der Waals surface area contributed by atoms with Crippen LogP contribution < -0.4 is 0 Å². The first kappa shape index (κ1) is 11.1. The Bertz CT molecular complexity index is 368. The van der Waals surface area contributed by atoms with Gasteiger partial charge < -0.3 is 0 Å². The van der Waals surface area contributed by atoms with Crippen molar-refractivity contribution in [2.24, 2.45) is 0 Å². The molecule has 0 saturated heterocycles. The molecular formula is C11H11NO3. The normalized spacial score (nSPS) is 10.4. The molecule has 0 fully saturated rings. The molecule has 4 heteroatoms. The molecule has 0 aliphatic rings. The van der Waals surface area contributed by atoms with Crippen molar-refractivity contribution in [3.8, 4) is 0 Å². The van der Waals surface area contributed by atoms with E-state index in [1.807, 2.05) is 0 Å². The smallest absolute Gasteiger partial charge is 0.269 e. The molecule has 0 aliphatic carbocycles. The standard InChI is InChI=1S/C11H11NO3/c13-9-3-1-2-4-10-5-7-11(8-6-10)12(14)15/h1,3,5-9H,2,4H2/b3-1+. The lowest BCUT2D eigenvalue weighted by molar-refractivity contribution is -0.384. The van der Waals surface area contributed by atoms with Crippen LogP contribution in [0.1, 0.15) is 12.0 Å². The third-order valence-electron chi connectivity index (χ3n) is 1.96. The van der Waals surface area contributed by atoms with Gasteiger partial charge in [-0.25, -0.2) is 0 Å². The average molecular weight is 205 g/mol. The monoisotopic (exact) mass is 205 g/mol. The van der Waals surface area contributed by atoms with Crippen molar-refractivity contribution in [3.63, 3.8) is 0 Å². The number of carbonyl (C=O) groups is 1. The van der Waals surface area contributed by atoms with Crippen molar-refractivity contribution < 1.29 is 9.72 Å². The van der Waals surface area contributed by atoms with Crippen molar-refractivity contribution in [1.29, 1.82) is 0 Å².